The normalized spacial score (nSPS) is 27.4. The number of ether oxygens (including phenoxy) is 1. The Bertz CT molecular complexity index is 980. The van der Waals surface area contributed by atoms with Crippen molar-refractivity contribution < 1.29 is 25.2 Å². The third-order valence-corrected chi connectivity index (χ3v) is 5.01. The molecule has 1 aliphatic heterocycles. The van der Waals surface area contributed by atoms with Gasteiger partial charge in [-0.15, -0.1) is 0 Å². The second-order valence-electron chi connectivity index (χ2n) is 7.14. The van der Waals surface area contributed by atoms with Crippen molar-refractivity contribution in [2.75, 3.05) is 0 Å². The van der Waals surface area contributed by atoms with Crippen LogP contribution in [0.25, 0.3) is 6.08 Å². The first-order valence-corrected chi connectivity index (χ1v) is 9.26. The zero-order chi connectivity index (χ0) is 21.1. The van der Waals surface area contributed by atoms with Gasteiger partial charge in [0.05, 0.1) is 17.8 Å². The fourth-order valence-corrected chi connectivity index (χ4v) is 3.28. The number of rotatable bonds is 5. The van der Waals surface area contributed by atoms with Gasteiger partial charge in [0, 0.05) is 6.42 Å². The maximum atomic E-state index is 11.8. The van der Waals surface area contributed by atoms with Crippen molar-refractivity contribution in [3.8, 4) is 5.88 Å². The standard InChI is InChI=1S/C20H24N2O7/c1-10-15(23)17(25)16(24)14(29-10)4-2-3-11-5-7-12(8-6-11)9-13-18(26)21-20(28)22-19(13)27/h2-3,5-8,10,14-17,23-25H,4,9H2,1H3,(H3,21,22,26,27,28)/t10?,14-,15+,16?,17-/m0/s1. The number of aliphatic hydroxyl groups is 3. The number of aromatic nitrogens is 2. The molecule has 2 heterocycles. The predicted octanol–water partition coefficient (Wildman–Crippen LogP) is -0.367. The first kappa shape index (κ1) is 21.0. The van der Waals surface area contributed by atoms with E-state index in [-0.39, 0.29) is 12.0 Å². The Kier molecular flexibility index (Phi) is 6.33. The van der Waals surface area contributed by atoms with Crippen LogP contribution in [-0.2, 0) is 11.2 Å². The van der Waals surface area contributed by atoms with E-state index in [1.807, 2.05) is 18.2 Å². The average Bonchev–Trinajstić information content (AvgIpc) is 2.68. The monoisotopic (exact) mass is 404 g/mol. The lowest BCUT2D eigenvalue weighted by Crippen LogP contribution is -2.56. The number of H-pyrrole nitrogens is 2. The van der Waals surface area contributed by atoms with Crippen LogP contribution in [0.1, 0.15) is 30.0 Å². The zero-order valence-corrected chi connectivity index (χ0v) is 15.8. The van der Waals surface area contributed by atoms with Gasteiger partial charge in [-0.1, -0.05) is 36.4 Å². The number of hydrogen-bond acceptors (Lipinski definition) is 7. The third kappa shape index (κ3) is 4.83. The van der Waals surface area contributed by atoms with Crippen molar-refractivity contribution in [2.24, 2.45) is 0 Å². The molecule has 1 aromatic heterocycles. The summed E-state index contributed by atoms with van der Waals surface area (Å²) in [7, 11) is 0. The molecule has 1 aliphatic rings. The summed E-state index contributed by atoms with van der Waals surface area (Å²) in [6.07, 6.45) is -0.579. The molecule has 1 aromatic carbocycles. The maximum absolute atomic E-state index is 11.8. The quantitative estimate of drug-likeness (QED) is 0.397. The van der Waals surface area contributed by atoms with E-state index < -0.39 is 47.6 Å². The molecule has 0 saturated carbocycles. The zero-order valence-electron chi connectivity index (χ0n) is 15.8. The van der Waals surface area contributed by atoms with Crippen LogP contribution in [-0.4, -0.2) is 60.9 Å². The van der Waals surface area contributed by atoms with Crippen molar-refractivity contribution in [2.45, 2.75) is 50.3 Å². The van der Waals surface area contributed by atoms with Crippen molar-refractivity contribution >= 4 is 6.08 Å². The van der Waals surface area contributed by atoms with Gasteiger partial charge in [-0.05, 0) is 24.5 Å². The van der Waals surface area contributed by atoms with Crippen molar-refractivity contribution in [1.29, 1.82) is 0 Å². The minimum Gasteiger partial charge on any atom is -0.494 e. The number of nitrogens with one attached hydrogen (secondary N) is 2. The highest BCUT2D eigenvalue weighted by Gasteiger charge is 2.40. The minimum atomic E-state index is -1.25. The van der Waals surface area contributed by atoms with Crippen LogP contribution >= 0.6 is 0 Å². The lowest BCUT2D eigenvalue weighted by Gasteiger charge is -2.39. The number of aromatic hydroxyl groups is 1. The Hall–Kier alpha value is -2.72. The van der Waals surface area contributed by atoms with E-state index in [2.05, 4.69) is 9.97 Å². The van der Waals surface area contributed by atoms with E-state index in [1.165, 1.54) is 0 Å². The lowest BCUT2D eigenvalue weighted by molar-refractivity contribution is -0.215. The van der Waals surface area contributed by atoms with Gasteiger partial charge < -0.3 is 25.2 Å². The number of aliphatic hydroxyl groups excluding tert-OH is 3. The highest BCUT2D eigenvalue weighted by molar-refractivity contribution is 5.50. The molecule has 1 fully saturated rings. The highest BCUT2D eigenvalue weighted by atomic mass is 16.5. The Balaban J connectivity index is 1.62. The van der Waals surface area contributed by atoms with Gasteiger partial charge in [0.2, 0.25) is 5.88 Å². The van der Waals surface area contributed by atoms with E-state index >= 15 is 0 Å². The molecular weight excluding hydrogens is 380 g/mol. The lowest BCUT2D eigenvalue weighted by atomic mass is 9.94. The van der Waals surface area contributed by atoms with Gasteiger partial charge in [0.1, 0.15) is 18.3 Å². The Labute approximate surface area is 165 Å². The summed E-state index contributed by atoms with van der Waals surface area (Å²) >= 11 is 0. The van der Waals surface area contributed by atoms with Gasteiger partial charge in [-0.3, -0.25) is 14.8 Å². The van der Waals surface area contributed by atoms with E-state index in [1.54, 1.807) is 25.1 Å². The van der Waals surface area contributed by atoms with Gasteiger partial charge in [0.15, 0.2) is 0 Å². The second kappa shape index (κ2) is 8.75. The molecule has 6 N–H and O–H groups in total. The molecule has 9 heteroatoms. The molecule has 0 bridgehead atoms. The molecule has 9 nitrogen and oxygen atoms in total. The third-order valence-electron chi connectivity index (χ3n) is 5.01. The van der Waals surface area contributed by atoms with Crippen LogP contribution in [0.2, 0.25) is 0 Å². The van der Waals surface area contributed by atoms with E-state index in [4.69, 9.17) is 4.74 Å². The fourth-order valence-electron chi connectivity index (χ4n) is 3.28. The molecule has 2 aromatic rings. The first-order chi connectivity index (χ1) is 13.8. The molecule has 156 valence electrons. The van der Waals surface area contributed by atoms with Crippen LogP contribution in [0.4, 0.5) is 0 Å². The van der Waals surface area contributed by atoms with Crippen LogP contribution in [0.5, 0.6) is 5.88 Å². The SMILES string of the molecule is CC1O[C@@H](CC=Cc2ccc(Cc3c(O)[nH]c(=O)[nH]c3=O)cc2)C(O)[C@@H](O)[C@@H]1O. The fraction of sp³-hybridized carbons (Fsp3) is 0.400. The van der Waals surface area contributed by atoms with Crippen LogP contribution in [0.15, 0.2) is 39.9 Å². The van der Waals surface area contributed by atoms with Gasteiger partial charge in [-0.2, -0.15) is 0 Å². The minimum absolute atomic E-state index is 0.0752. The molecule has 2 unspecified atom stereocenters. The molecular formula is C20H24N2O7. The molecule has 0 spiro atoms. The Morgan fingerprint density at radius 2 is 1.72 bits per heavy atom. The van der Waals surface area contributed by atoms with E-state index in [0.29, 0.717) is 6.42 Å². The summed E-state index contributed by atoms with van der Waals surface area (Å²) in [6, 6.07) is 7.22. The molecule has 0 radical (unpaired) electrons. The van der Waals surface area contributed by atoms with Crippen molar-refractivity contribution in [1.82, 2.24) is 9.97 Å². The molecule has 1 saturated heterocycles. The van der Waals surface area contributed by atoms with Crippen molar-refractivity contribution in [3.05, 3.63) is 67.9 Å². The second-order valence-corrected chi connectivity index (χ2v) is 7.14. The highest BCUT2D eigenvalue weighted by Crippen LogP contribution is 2.23. The maximum Gasteiger partial charge on any atom is 0.328 e. The van der Waals surface area contributed by atoms with Crippen LogP contribution in [0.3, 0.4) is 0 Å². The summed E-state index contributed by atoms with van der Waals surface area (Å²) in [6.45, 7) is 1.64. The topological polar surface area (TPSA) is 156 Å². The number of aromatic amines is 2. The molecule has 0 amide bonds. The summed E-state index contributed by atoms with van der Waals surface area (Å²) in [5.41, 5.74) is 0.313. The van der Waals surface area contributed by atoms with Gasteiger partial charge in [0.25, 0.3) is 5.56 Å². The number of hydrogen-bond donors (Lipinski definition) is 6. The van der Waals surface area contributed by atoms with Crippen LogP contribution < -0.4 is 11.2 Å². The molecule has 0 aliphatic carbocycles. The van der Waals surface area contributed by atoms with Crippen LogP contribution in [0, 0.1) is 0 Å². The van der Waals surface area contributed by atoms with E-state index in [0.717, 1.165) is 11.1 Å². The average molecular weight is 404 g/mol. The van der Waals surface area contributed by atoms with Gasteiger partial charge in [-0.25, -0.2) is 4.79 Å². The predicted molar refractivity (Wildman–Crippen MR) is 105 cm³/mol. The molecule has 3 rings (SSSR count). The van der Waals surface area contributed by atoms with E-state index in [9.17, 15) is 30.0 Å². The van der Waals surface area contributed by atoms with Gasteiger partial charge >= 0.3 is 5.69 Å². The summed E-state index contributed by atoms with van der Waals surface area (Å²) in [5.74, 6) is -0.449. The Morgan fingerprint density at radius 3 is 2.38 bits per heavy atom. The Morgan fingerprint density at radius 1 is 1.03 bits per heavy atom. The molecule has 29 heavy (non-hydrogen) atoms. The van der Waals surface area contributed by atoms with Crippen molar-refractivity contribution in [3.63, 3.8) is 0 Å². The first-order valence-electron chi connectivity index (χ1n) is 9.26. The smallest absolute Gasteiger partial charge is 0.328 e. The summed E-state index contributed by atoms with van der Waals surface area (Å²) in [4.78, 5) is 27.2. The number of benzene rings is 1. The largest absolute Gasteiger partial charge is 0.494 e. The summed E-state index contributed by atoms with van der Waals surface area (Å²) < 4.78 is 5.54. The molecule has 5 atom stereocenters. The summed E-state index contributed by atoms with van der Waals surface area (Å²) in [5, 5.41) is 39.3.